The highest BCUT2D eigenvalue weighted by Crippen LogP contribution is 2.24. The second kappa shape index (κ2) is 6.47. The number of thiophene rings is 1. The molecule has 0 spiro atoms. The van der Waals surface area contributed by atoms with Crippen LogP contribution in [-0.2, 0) is 11.2 Å². The largest absolute Gasteiger partial charge is 0.321 e. The summed E-state index contributed by atoms with van der Waals surface area (Å²) < 4.78 is 0. The molecule has 1 amide bonds. The summed E-state index contributed by atoms with van der Waals surface area (Å²) in [5.74, 6) is -0.119. The molecule has 0 bridgehead atoms. The number of nitrogens with one attached hydrogen (secondary N) is 2. The lowest BCUT2D eigenvalue weighted by Gasteiger charge is -2.29. The van der Waals surface area contributed by atoms with E-state index in [0.717, 1.165) is 13.0 Å². The van der Waals surface area contributed by atoms with Crippen molar-refractivity contribution in [2.75, 3.05) is 18.4 Å². The molecule has 1 aliphatic heterocycles. The average molecular weight is 332 g/mol. The molecule has 2 atom stereocenters. The Balaban J connectivity index is 1.64. The first-order valence-electron chi connectivity index (χ1n) is 7.49. The number of non-ortho nitro benzene ring substituents is 1. The van der Waals surface area contributed by atoms with E-state index in [-0.39, 0.29) is 11.6 Å². The van der Waals surface area contributed by atoms with Crippen molar-refractivity contribution in [1.82, 2.24) is 0 Å². The molecule has 0 saturated carbocycles. The van der Waals surface area contributed by atoms with Crippen LogP contribution in [0, 0.1) is 10.1 Å². The number of quaternary nitrogens is 1. The number of anilines is 1. The first kappa shape index (κ1) is 15.6. The summed E-state index contributed by atoms with van der Waals surface area (Å²) in [6.45, 7) is 3.43. The number of hydrogen-bond acceptors (Lipinski definition) is 4. The van der Waals surface area contributed by atoms with E-state index in [2.05, 4.69) is 23.7 Å². The molecule has 2 aromatic rings. The van der Waals surface area contributed by atoms with Gasteiger partial charge in [0.1, 0.15) is 6.04 Å². The van der Waals surface area contributed by atoms with Gasteiger partial charge in [0.25, 0.3) is 11.6 Å². The Labute approximate surface area is 137 Å². The van der Waals surface area contributed by atoms with Crippen LogP contribution in [0.1, 0.15) is 23.4 Å². The van der Waals surface area contributed by atoms with Crippen molar-refractivity contribution in [3.05, 3.63) is 56.3 Å². The number of carbonyl (C=O) groups excluding carboxylic acids is 1. The Kier molecular flexibility index (Phi) is 4.40. The second-order valence-corrected chi connectivity index (χ2v) is 6.71. The topological polar surface area (TPSA) is 76.7 Å². The van der Waals surface area contributed by atoms with Gasteiger partial charge in [-0.05, 0) is 24.4 Å². The zero-order valence-electron chi connectivity index (χ0n) is 12.7. The van der Waals surface area contributed by atoms with Crippen LogP contribution in [0.2, 0.25) is 0 Å². The van der Waals surface area contributed by atoms with E-state index in [4.69, 9.17) is 0 Å². The van der Waals surface area contributed by atoms with Gasteiger partial charge >= 0.3 is 0 Å². The summed E-state index contributed by atoms with van der Waals surface area (Å²) in [6.07, 6.45) is 0.997. The predicted octanol–water partition coefficient (Wildman–Crippen LogP) is 1.80. The maximum atomic E-state index is 12.3. The molecule has 6 nitrogen and oxygen atoms in total. The number of amides is 1. The van der Waals surface area contributed by atoms with Gasteiger partial charge in [-0.1, -0.05) is 6.07 Å². The number of nitrogens with zero attached hydrogens (tertiary/aromatic N) is 1. The molecule has 3 rings (SSSR count). The number of benzene rings is 1. The van der Waals surface area contributed by atoms with E-state index in [1.807, 2.05) is 0 Å². The summed E-state index contributed by atoms with van der Waals surface area (Å²) in [5.41, 5.74) is 1.77. The van der Waals surface area contributed by atoms with Crippen molar-refractivity contribution >= 4 is 28.6 Å². The average Bonchev–Trinajstić information content (AvgIpc) is 2.99. The monoisotopic (exact) mass is 332 g/mol. The fourth-order valence-corrected chi connectivity index (χ4v) is 3.98. The van der Waals surface area contributed by atoms with E-state index in [1.54, 1.807) is 23.5 Å². The number of carbonyl (C=O) groups is 1. The van der Waals surface area contributed by atoms with Crippen molar-refractivity contribution < 1.29 is 14.6 Å². The van der Waals surface area contributed by atoms with Crippen molar-refractivity contribution in [1.29, 1.82) is 0 Å². The van der Waals surface area contributed by atoms with Crippen LogP contribution in [0.4, 0.5) is 11.4 Å². The van der Waals surface area contributed by atoms with Crippen molar-refractivity contribution in [2.24, 2.45) is 0 Å². The number of rotatable bonds is 4. The lowest BCUT2D eigenvalue weighted by Crippen LogP contribution is -3.14. The number of nitro benzene ring substituents is 1. The van der Waals surface area contributed by atoms with Gasteiger partial charge in [-0.15, -0.1) is 11.3 Å². The highest BCUT2D eigenvalue weighted by Gasteiger charge is 2.29. The van der Waals surface area contributed by atoms with Gasteiger partial charge in [-0.3, -0.25) is 14.9 Å². The SMILES string of the molecule is C[C@@H]1c2ccsc2CC[NH+]1CC(=O)Nc1cccc([N+](=O)[O-])c1. The van der Waals surface area contributed by atoms with E-state index >= 15 is 0 Å². The Morgan fingerprint density at radius 1 is 1.48 bits per heavy atom. The molecular weight excluding hydrogens is 314 g/mol. The van der Waals surface area contributed by atoms with Gasteiger partial charge in [0, 0.05) is 34.7 Å². The van der Waals surface area contributed by atoms with Gasteiger partial charge < -0.3 is 10.2 Å². The van der Waals surface area contributed by atoms with Crippen LogP contribution in [0.5, 0.6) is 0 Å². The van der Waals surface area contributed by atoms with Gasteiger partial charge in [-0.25, -0.2) is 0 Å². The van der Waals surface area contributed by atoms with E-state index in [0.29, 0.717) is 18.3 Å². The van der Waals surface area contributed by atoms with Crippen LogP contribution in [0.15, 0.2) is 35.7 Å². The van der Waals surface area contributed by atoms with Crippen LogP contribution in [0.25, 0.3) is 0 Å². The quantitative estimate of drug-likeness (QED) is 0.662. The minimum atomic E-state index is -0.467. The zero-order chi connectivity index (χ0) is 16.4. The number of fused-ring (bicyclic) bond motifs is 1. The molecule has 0 saturated heterocycles. The first-order chi connectivity index (χ1) is 11.0. The standard InChI is InChI=1S/C16H17N3O3S/c1-11-14-6-8-23-15(14)5-7-18(11)10-16(20)17-12-3-2-4-13(9-12)19(21)22/h2-4,6,8-9,11H,5,7,10H2,1H3,(H,17,20)/p+1/t11-/m1/s1. The lowest BCUT2D eigenvalue weighted by atomic mass is 10.0. The molecule has 7 heteroatoms. The normalized spacial score (nSPS) is 19.9. The van der Waals surface area contributed by atoms with Crippen LogP contribution in [0.3, 0.4) is 0 Å². The lowest BCUT2D eigenvalue weighted by molar-refractivity contribution is -0.923. The molecule has 0 aliphatic carbocycles. The maximum absolute atomic E-state index is 12.3. The van der Waals surface area contributed by atoms with E-state index < -0.39 is 4.92 Å². The summed E-state index contributed by atoms with van der Waals surface area (Å²) in [5, 5.41) is 15.6. The van der Waals surface area contributed by atoms with Crippen LogP contribution in [-0.4, -0.2) is 23.9 Å². The van der Waals surface area contributed by atoms with Crippen molar-refractivity contribution in [3.63, 3.8) is 0 Å². The summed E-state index contributed by atoms with van der Waals surface area (Å²) in [7, 11) is 0. The molecule has 0 fully saturated rings. The van der Waals surface area contributed by atoms with E-state index in [1.165, 1.54) is 27.5 Å². The fourth-order valence-electron chi connectivity index (χ4n) is 3.00. The molecule has 120 valence electrons. The molecular formula is C16H18N3O3S+. The van der Waals surface area contributed by atoms with Gasteiger partial charge in [0.2, 0.25) is 0 Å². The Hall–Kier alpha value is -2.25. The second-order valence-electron chi connectivity index (χ2n) is 5.71. The minimum Gasteiger partial charge on any atom is -0.321 e. The third-order valence-corrected chi connectivity index (χ3v) is 5.26. The Morgan fingerprint density at radius 3 is 3.09 bits per heavy atom. The highest BCUT2D eigenvalue weighted by atomic mass is 32.1. The van der Waals surface area contributed by atoms with Crippen molar-refractivity contribution in [2.45, 2.75) is 19.4 Å². The molecule has 1 aliphatic rings. The Morgan fingerprint density at radius 2 is 2.30 bits per heavy atom. The third kappa shape index (κ3) is 3.40. The summed E-state index contributed by atoms with van der Waals surface area (Å²) in [4.78, 5) is 25.2. The first-order valence-corrected chi connectivity index (χ1v) is 8.37. The smallest absolute Gasteiger partial charge is 0.279 e. The molecule has 2 N–H and O–H groups in total. The maximum Gasteiger partial charge on any atom is 0.279 e. The number of hydrogen-bond donors (Lipinski definition) is 2. The molecule has 2 heterocycles. The van der Waals surface area contributed by atoms with Gasteiger partial charge in [0.05, 0.1) is 11.5 Å². The van der Waals surface area contributed by atoms with Gasteiger partial charge in [-0.2, -0.15) is 0 Å². The van der Waals surface area contributed by atoms with Crippen LogP contribution >= 0.6 is 11.3 Å². The van der Waals surface area contributed by atoms with Crippen molar-refractivity contribution in [3.8, 4) is 0 Å². The fraction of sp³-hybridized carbons (Fsp3) is 0.312. The summed E-state index contributed by atoms with van der Waals surface area (Å²) in [6, 6.07) is 8.46. The van der Waals surface area contributed by atoms with E-state index in [9.17, 15) is 14.9 Å². The molecule has 23 heavy (non-hydrogen) atoms. The van der Waals surface area contributed by atoms with Crippen LogP contribution < -0.4 is 10.2 Å². The third-order valence-electron chi connectivity index (χ3n) is 4.26. The zero-order valence-corrected chi connectivity index (χ0v) is 13.6. The highest BCUT2D eigenvalue weighted by molar-refractivity contribution is 7.10. The summed E-state index contributed by atoms with van der Waals surface area (Å²) >= 11 is 1.78. The molecule has 0 radical (unpaired) electrons. The molecule has 1 unspecified atom stereocenters. The predicted molar refractivity (Wildman–Crippen MR) is 88.9 cm³/mol. The number of nitro groups is 1. The van der Waals surface area contributed by atoms with Gasteiger partial charge in [0.15, 0.2) is 6.54 Å². The Bertz CT molecular complexity index is 744. The minimum absolute atomic E-state index is 0.0237. The molecule has 1 aromatic heterocycles. The molecule has 1 aromatic carbocycles.